The van der Waals surface area contributed by atoms with Crippen LogP contribution in [0.2, 0.25) is 0 Å². The second kappa shape index (κ2) is 28.8. The number of amides is 8. The summed E-state index contributed by atoms with van der Waals surface area (Å²) in [7, 11) is 0. The Hall–Kier alpha value is -9.71. The van der Waals surface area contributed by atoms with E-state index in [9.17, 15) is 43.2 Å². The summed E-state index contributed by atoms with van der Waals surface area (Å²) in [6, 6.07) is 5.54. The van der Waals surface area contributed by atoms with Gasteiger partial charge in [-0.05, 0) is 138 Å². The van der Waals surface area contributed by atoms with E-state index in [4.69, 9.17) is 25.1 Å². The molecule has 0 unspecified atom stereocenters. The highest BCUT2D eigenvalue weighted by Crippen LogP contribution is 2.44. The maximum atomic E-state index is 12.9. The molecule has 9 aliphatic rings. The van der Waals surface area contributed by atoms with Crippen molar-refractivity contribution in [1.82, 2.24) is 74.3 Å². The lowest BCUT2D eigenvalue weighted by Crippen LogP contribution is -2.52. The van der Waals surface area contributed by atoms with E-state index in [-0.39, 0.29) is 82.4 Å². The number of hydrogen-bond acceptors (Lipinski definition) is 19. The fourth-order valence-corrected chi connectivity index (χ4v) is 15.9. The summed E-state index contributed by atoms with van der Waals surface area (Å²) < 4.78 is 22.3. The molecule has 8 N–H and O–H groups in total. The summed E-state index contributed by atoms with van der Waals surface area (Å²) in [5, 5.41) is 26.0. The highest BCUT2D eigenvalue weighted by Gasteiger charge is 2.46. The SMILES string of the molecule is CC(C)(C)OC(=O)N1CC[C@@H](C(=O)Nc2ncc3cc4n(c3n2)C2(CCCCC2)CNC4=O)C1.CC(C)(C)OC(=O)N1CC[C@@H](C(=O)Nc2ncc3cc4n(c3n2)C2(CCCCC2)CNC4=O)C1.CC(C)(C)OC(=O)N1CC[C@@H](C(=O)O)C1.Nc1ncc2cc3n(c2n1)C1(CCCCC1)CNC3=O. The van der Waals surface area contributed by atoms with E-state index in [1.54, 1.807) is 49.2 Å². The molecule has 15 rings (SSSR count). The maximum Gasteiger partial charge on any atom is 0.410 e. The van der Waals surface area contributed by atoms with E-state index in [1.165, 1.54) is 37.0 Å². The molecule has 554 valence electrons. The number of nitrogens with one attached hydrogen (secondary N) is 5. The molecule has 0 radical (unpaired) electrons. The van der Waals surface area contributed by atoms with Gasteiger partial charge < -0.3 is 69.4 Å². The van der Waals surface area contributed by atoms with Gasteiger partial charge in [0.15, 0.2) is 0 Å². The van der Waals surface area contributed by atoms with E-state index in [0.29, 0.717) is 100.0 Å². The first-order chi connectivity index (χ1) is 48.8. The smallest absolute Gasteiger partial charge is 0.410 e. The molecule has 8 amide bonds. The second-order valence-corrected chi connectivity index (χ2v) is 32.0. The minimum absolute atomic E-state index is 0.0298. The summed E-state index contributed by atoms with van der Waals surface area (Å²) in [5.41, 5.74) is 7.69. The van der Waals surface area contributed by atoms with Crippen molar-refractivity contribution in [3.05, 3.63) is 53.9 Å². The van der Waals surface area contributed by atoms with Gasteiger partial charge in [0.05, 0.1) is 34.4 Å². The minimum atomic E-state index is -0.846. The van der Waals surface area contributed by atoms with Crippen LogP contribution in [0.5, 0.6) is 0 Å². The van der Waals surface area contributed by atoms with Crippen molar-refractivity contribution >= 4 is 105 Å². The quantitative estimate of drug-likeness (QED) is 0.0792. The van der Waals surface area contributed by atoms with Crippen LogP contribution in [0.4, 0.5) is 32.2 Å². The number of carboxylic acid groups (broad SMARTS) is 1. The monoisotopic (exact) mass is 1420 g/mol. The Morgan fingerprint density at radius 1 is 0.466 bits per heavy atom. The van der Waals surface area contributed by atoms with E-state index in [0.717, 1.165) is 86.0 Å². The highest BCUT2D eigenvalue weighted by molar-refractivity contribution is 6.02. The van der Waals surface area contributed by atoms with Gasteiger partial charge in [-0.25, -0.2) is 29.3 Å². The third-order valence-electron chi connectivity index (χ3n) is 20.9. The zero-order chi connectivity index (χ0) is 73.6. The van der Waals surface area contributed by atoms with Crippen LogP contribution in [0, 0.1) is 17.8 Å². The van der Waals surface area contributed by atoms with Crippen molar-refractivity contribution in [3.63, 3.8) is 0 Å². The first-order valence-electron chi connectivity index (χ1n) is 36.3. The Morgan fingerprint density at radius 2 is 0.767 bits per heavy atom. The lowest BCUT2D eigenvalue weighted by atomic mass is 9.80. The van der Waals surface area contributed by atoms with Gasteiger partial charge >= 0.3 is 24.2 Å². The van der Waals surface area contributed by atoms with E-state index in [1.807, 2.05) is 59.7 Å². The number of carbonyl (C=O) groups excluding carboxylic acids is 8. The average molecular weight is 1420 g/mol. The molecule has 6 aliphatic heterocycles. The molecule has 31 heteroatoms. The Labute approximate surface area is 597 Å². The second-order valence-electron chi connectivity index (χ2n) is 32.0. The third kappa shape index (κ3) is 15.9. The minimum Gasteiger partial charge on any atom is -0.481 e. The molecule has 6 fully saturated rings. The molecule has 6 aromatic heterocycles. The summed E-state index contributed by atoms with van der Waals surface area (Å²) in [4.78, 5) is 141. The largest absolute Gasteiger partial charge is 0.481 e. The molecule has 0 bridgehead atoms. The van der Waals surface area contributed by atoms with Crippen LogP contribution in [0.1, 0.15) is 209 Å². The van der Waals surface area contributed by atoms with Crippen molar-refractivity contribution < 1.29 is 62.5 Å². The molecule has 3 saturated heterocycles. The number of anilines is 3. The number of carbonyl (C=O) groups is 9. The number of aromatic nitrogens is 9. The summed E-state index contributed by atoms with van der Waals surface area (Å²) in [5.74, 6) is -2.00. The van der Waals surface area contributed by atoms with Gasteiger partial charge in [-0.2, -0.15) is 15.0 Å². The Kier molecular flexibility index (Phi) is 20.5. The number of rotatable bonds is 5. The van der Waals surface area contributed by atoms with Gasteiger partial charge in [-0.15, -0.1) is 0 Å². The lowest BCUT2D eigenvalue weighted by molar-refractivity contribution is -0.141. The van der Waals surface area contributed by atoms with Crippen molar-refractivity contribution in [2.45, 2.75) is 211 Å². The number of ether oxygens (including phenoxy) is 3. The van der Waals surface area contributed by atoms with Crippen LogP contribution in [0.25, 0.3) is 33.1 Å². The van der Waals surface area contributed by atoms with Gasteiger partial charge in [0.2, 0.25) is 29.7 Å². The number of fused-ring (bicyclic) bond motifs is 12. The van der Waals surface area contributed by atoms with Crippen molar-refractivity contribution in [1.29, 1.82) is 0 Å². The molecule has 3 spiro atoms. The standard InChI is InChI=1S/2C24H32N6O4.C14H17N5O.C10H17NO4/c2*1-23(2,3)34-22(33)29-10-7-15(13-29)19(31)28-21-25-12-16-11-17-20(32)26-14-24(8-5-4-6-9-24)30(17)18(16)27-21;15-13-16-7-9-6-10-12(20)17-8-14(4-2-1-3-5-14)19(10)11(9)18-13;1-10(2,3)15-9(14)11-5-4-7(6-11)8(12)13/h2*11-12,15H,4-10,13-14H2,1-3H3,(H,26,32)(H,25,27,28,31);6-7H,1-5,8H2,(H,17,20)(H2,15,16,18);7H,4-6H2,1-3H3,(H,12,13)/t2*15-;;7-/m11.1/s1. The van der Waals surface area contributed by atoms with Crippen LogP contribution in [0.3, 0.4) is 0 Å². The number of hydrogen-bond donors (Lipinski definition) is 7. The molecule has 103 heavy (non-hydrogen) atoms. The third-order valence-corrected chi connectivity index (χ3v) is 20.9. The summed E-state index contributed by atoms with van der Waals surface area (Å²) in [6.45, 7) is 20.4. The predicted molar refractivity (Wildman–Crippen MR) is 380 cm³/mol. The van der Waals surface area contributed by atoms with Crippen LogP contribution < -0.4 is 32.3 Å². The first-order valence-corrected chi connectivity index (χ1v) is 36.3. The molecule has 6 aromatic rings. The first kappa shape index (κ1) is 73.1. The van der Waals surface area contributed by atoms with Crippen molar-refractivity contribution in [2.75, 3.05) is 75.3 Å². The number of aliphatic carboxylic acids is 1. The van der Waals surface area contributed by atoms with Gasteiger partial charge in [-0.1, -0.05) is 57.8 Å². The number of nitrogens with zero attached hydrogens (tertiary/aromatic N) is 12. The molecule has 31 nitrogen and oxygen atoms in total. The zero-order valence-electron chi connectivity index (χ0n) is 60.6. The Balaban J connectivity index is 0.000000136. The van der Waals surface area contributed by atoms with E-state index >= 15 is 0 Å². The van der Waals surface area contributed by atoms with Crippen molar-refractivity contribution in [3.8, 4) is 0 Å². The number of carboxylic acids is 1. The van der Waals surface area contributed by atoms with Crippen LogP contribution in [-0.2, 0) is 45.2 Å². The molecule has 0 aromatic carbocycles. The van der Waals surface area contributed by atoms with E-state index < -0.39 is 47.0 Å². The van der Waals surface area contributed by atoms with Crippen LogP contribution in [-0.4, -0.2) is 193 Å². The van der Waals surface area contributed by atoms with Gasteiger partial charge in [0, 0.05) is 93.7 Å². The summed E-state index contributed by atoms with van der Waals surface area (Å²) >= 11 is 0. The fraction of sp³-hybridized carbons (Fsp3) is 0.625. The lowest BCUT2D eigenvalue weighted by Gasteiger charge is -2.42. The number of nitrogen functional groups attached to an aromatic ring is 1. The predicted octanol–water partition coefficient (Wildman–Crippen LogP) is 8.80. The normalized spacial score (nSPS) is 21.7. The van der Waals surface area contributed by atoms with Gasteiger partial charge in [0.25, 0.3) is 17.7 Å². The highest BCUT2D eigenvalue weighted by atomic mass is 16.6. The Bertz CT molecular complexity index is 4090. The molecular formula is C72H98N18O13. The molecule has 3 saturated carbocycles. The van der Waals surface area contributed by atoms with Crippen molar-refractivity contribution in [2.24, 2.45) is 17.8 Å². The number of nitrogens with two attached hydrogens (primary N) is 1. The molecular weight excluding hydrogens is 1320 g/mol. The zero-order valence-corrected chi connectivity index (χ0v) is 60.6. The van der Waals surface area contributed by atoms with Gasteiger partial charge in [-0.3, -0.25) is 39.4 Å². The van der Waals surface area contributed by atoms with Gasteiger partial charge in [0.1, 0.15) is 50.8 Å². The van der Waals surface area contributed by atoms with Crippen LogP contribution >= 0.6 is 0 Å². The topological polar surface area (TPSA) is 390 Å². The number of likely N-dealkylation sites (tertiary alicyclic amines) is 3. The Morgan fingerprint density at radius 3 is 1.08 bits per heavy atom. The molecule has 3 aliphatic carbocycles. The average Bonchev–Trinajstić information content (AvgIpc) is 1.62. The fourth-order valence-electron chi connectivity index (χ4n) is 15.9. The molecule has 12 heterocycles. The van der Waals surface area contributed by atoms with Crippen LogP contribution in [0.15, 0.2) is 36.8 Å². The molecule has 3 atom stereocenters. The van der Waals surface area contributed by atoms with E-state index in [2.05, 4.69) is 70.2 Å². The summed E-state index contributed by atoms with van der Waals surface area (Å²) in [6.07, 6.45) is 22.0. The maximum absolute atomic E-state index is 12.9.